The Morgan fingerprint density at radius 3 is 2.95 bits per heavy atom. The van der Waals surface area contributed by atoms with Gasteiger partial charge in [-0.05, 0) is 38.2 Å². The number of nitrogens with one attached hydrogen (secondary N) is 1. The van der Waals surface area contributed by atoms with Crippen molar-refractivity contribution >= 4 is 22.5 Å². The fourth-order valence-corrected chi connectivity index (χ4v) is 2.74. The zero-order chi connectivity index (χ0) is 14.1. The van der Waals surface area contributed by atoms with Gasteiger partial charge < -0.3 is 20.5 Å². The molecule has 0 atom stereocenters. The van der Waals surface area contributed by atoms with Crippen LogP contribution in [0.1, 0.15) is 16.8 Å². The van der Waals surface area contributed by atoms with E-state index < -0.39 is 0 Å². The second kappa shape index (κ2) is 5.17. The molecule has 5 heteroatoms. The van der Waals surface area contributed by atoms with Crippen LogP contribution in [0.3, 0.4) is 0 Å². The minimum Gasteiger partial charge on any atom is -0.399 e. The number of benzene rings is 1. The van der Waals surface area contributed by atoms with Crippen molar-refractivity contribution in [3.8, 4) is 0 Å². The molecular weight excluding hydrogens is 252 g/mol. The second-order valence-electron chi connectivity index (χ2n) is 5.46. The first-order valence-electron chi connectivity index (χ1n) is 6.99. The quantitative estimate of drug-likeness (QED) is 0.774. The normalized spacial score (nSPS) is 17.4. The van der Waals surface area contributed by atoms with Crippen LogP contribution in [-0.2, 0) is 0 Å². The first-order chi connectivity index (χ1) is 9.65. The number of hydrogen-bond donors (Lipinski definition) is 2. The van der Waals surface area contributed by atoms with Crippen molar-refractivity contribution < 1.29 is 4.79 Å². The summed E-state index contributed by atoms with van der Waals surface area (Å²) in [5.74, 6) is 0.108. The summed E-state index contributed by atoms with van der Waals surface area (Å²) in [4.78, 5) is 20.0. The van der Waals surface area contributed by atoms with Crippen LogP contribution in [-0.4, -0.2) is 53.9 Å². The summed E-state index contributed by atoms with van der Waals surface area (Å²) >= 11 is 0. The van der Waals surface area contributed by atoms with Crippen LogP contribution < -0.4 is 5.73 Å². The number of rotatable bonds is 1. The number of H-pyrrole nitrogens is 1. The predicted molar refractivity (Wildman–Crippen MR) is 80.7 cm³/mol. The molecule has 0 aliphatic carbocycles. The Hall–Kier alpha value is -2.01. The lowest BCUT2D eigenvalue weighted by molar-refractivity contribution is 0.0765. The van der Waals surface area contributed by atoms with Crippen molar-refractivity contribution in [2.75, 3.05) is 39.0 Å². The van der Waals surface area contributed by atoms with Crippen molar-refractivity contribution in [3.63, 3.8) is 0 Å². The molecule has 1 aliphatic heterocycles. The zero-order valence-electron chi connectivity index (χ0n) is 11.7. The molecule has 0 unspecified atom stereocenters. The third kappa shape index (κ3) is 2.36. The van der Waals surface area contributed by atoms with Crippen molar-refractivity contribution in [2.24, 2.45) is 0 Å². The van der Waals surface area contributed by atoms with Gasteiger partial charge in [0.1, 0.15) is 0 Å². The molecule has 0 radical (unpaired) electrons. The molecule has 0 spiro atoms. The third-order valence-corrected chi connectivity index (χ3v) is 3.94. The molecule has 1 fully saturated rings. The first-order valence-corrected chi connectivity index (χ1v) is 6.99. The zero-order valence-corrected chi connectivity index (χ0v) is 11.7. The van der Waals surface area contributed by atoms with Crippen LogP contribution >= 0.6 is 0 Å². The fourth-order valence-electron chi connectivity index (χ4n) is 2.74. The van der Waals surface area contributed by atoms with Gasteiger partial charge in [-0.15, -0.1) is 0 Å². The van der Waals surface area contributed by atoms with Gasteiger partial charge in [-0.25, -0.2) is 0 Å². The number of nitrogen functional groups attached to an aromatic ring is 1. The van der Waals surface area contributed by atoms with Crippen LogP contribution in [0.15, 0.2) is 24.4 Å². The summed E-state index contributed by atoms with van der Waals surface area (Å²) in [5, 5.41) is 0.946. The molecule has 5 nitrogen and oxygen atoms in total. The molecule has 1 aromatic heterocycles. The smallest absolute Gasteiger partial charge is 0.256 e. The molecule has 1 aliphatic rings. The Bertz CT molecular complexity index is 634. The molecule has 1 amide bonds. The topological polar surface area (TPSA) is 65.4 Å². The van der Waals surface area contributed by atoms with E-state index in [1.54, 1.807) is 6.20 Å². The van der Waals surface area contributed by atoms with Gasteiger partial charge in [0.25, 0.3) is 5.91 Å². The number of nitrogens with two attached hydrogens (primary N) is 1. The molecule has 0 saturated carbocycles. The average Bonchev–Trinajstić information content (AvgIpc) is 2.72. The highest BCUT2D eigenvalue weighted by Crippen LogP contribution is 2.22. The van der Waals surface area contributed by atoms with Gasteiger partial charge in [0.05, 0.1) is 5.56 Å². The van der Waals surface area contributed by atoms with Gasteiger partial charge >= 0.3 is 0 Å². The largest absolute Gasteiger partial charge is 0.399 e. The summed E-state index contributed by atoms with van der Waals surface area (Å²) in [5.41, 5.74) is 8.13. The van der Waals surface area contributed by atoms with E-state index in [4.69, 9.17) is 5.73 Å². The number of aromatic amines is 1. The summed E-state index contributed by atoms with van der Waals surface area (Å²) < 4.78 is 0. The van der Waals surface area contributed by atoms with Gasteiger partial charge in [0.15, 0.2) is 0 Å². The van der Waals surface area contributed by atoms with Gasteiger partial charge in [0, 0.05) is 42.4 Å². The van der Waals surface area contributed by atoms with Crippen molar-refractivity contribution in [1.29, 1.82) is 0 Å². The van der Waals surface area contributed by atoms with Crippen LogP contribution in [0.2, 0.25) is 0 Å². The van der Waals surface area contributed by atoms with Gasteiger partial charge in [0.2, 0.25) is 0 Å². The van der Waals surface area contributed by atoms with Crippen molar-refractivity contribution in [2.45, 2.75) is 6.42 Å². The van der Waals surface area contributed by atoms with E-state index in [2.05, 4.69) is 16.9 Å². The Balaban J connectivity index is 1.88. The Labute approximate surface area is 118 Å². The monoisotopic (exact) mass is 272 g/mol. The summed E-state index contributed by atoms with van der Waals surface area (Å²) in [6.45, 7) is 3.59. The molecule has 3 N–H and O–H groups in total. The van der Waals surface area contributed by atoms with Crippen LogP contribution in [0.25, 0.3) is 10.9 Å². The number of amides is 1. The third-order valence-electron chi connectivity index (χ3n) is 3.94. The molecule has 1 saturated heterocycles. The summed E-state index contributed by atoms with van der Waals surface area (Å²) in [6, 6.07) is 5.61. The number of likely N-dealkylation sites (N-methyl/N-ethyl adjacent to an activating group) is 1. The lowest BCUT2D eigenvalue weighted by Crippen LogP contribution is -2.34. The van der Waals surface area contributed by atoms with E-state index in [9.17, 15) is 4.79 Å². The van der Waals surface area contributed by atoms with E-state index in [1.807, 2.05) is 23.1 Å². The van der Waals surface area contributed by atoms with Gasteiger partial charge in [-0.1, -0.05) is 0 Å². The molecule has 2 aromatic rings. The van der Waals surface area contributed by atoms with Gasteiger partial charge in [-0.2, -0.15) is 0 Å². The van der Waals surface area contributed by atoms with E-state index >= 15 is 0 Å². The number of hydrogen-bond acceptors (Lipinski definition) is 3. The summed E-state index contributed by atoms with van der Waals surface area (Å²) in [6.07, 6.45) is 2.82. The maximum absolute atomic E-state index is 12.7. The minimum absolute atomic E-state index is 0.108. The second-order valence-corrected chi connectivity index (χ2v) is 5.46. The lowest BCUT2D eigenvalue weighted by Gasteiger charge is -2.20. The number of anilines is 1. The fraction of sp³-hybridized carbons (Fsp3) is 0.400. The van der Waals surface area contributed by atoms with E-state index in [0.29, 0.717) is 5.69 Å². The number of aromatic nitrogens is 1. The minimum atomic E-state index is 0.108. The highest BCUT2D eigenvalue weighted by molar-refractivity contribution is 6.07. The molecule has 1 aromatic carbocycles. The maximum atomic E-state index is 12.7. The highest BCUT2D eigenvalue weighted by atomic mass is 16.2. The number of fused-ring (bicyclic) bond motifs is 1. The molecule has 106 valence electrons. The number of carbonyl (C=O) groups excluding carboxylic acids is 1. The Morgan fingerprint density at radius 1 is 1.25 bits per heavy atom. The standard InChI is InChI=1S/C15H20N4O/c1-18-5-2-6-19(8-7-18)15(20)13-10-17-14-9-11(16)3-4-12(13)14/h3-4,9-10,17H,2,5-8,16H2,1H3. The molecule has 2 heterocycles. The lowest BCUT2D eigenvalue weighted by atomic mass is 10.1. The summed E-state index contributed by atoms with van der Waals surface area (Å²) in [7, 11) is 2.10. The first kappa shape index (κ1) is 13.0. The maximum Gasteiger partial charge on any atom is 0.256 e. The molecule has 3 rings (SSSR count). The predicted octanol–water partition coefficient (Wildman–Crippen LogP) is 1.53. The van der Waals surface area contributed by atoms with Crippen LogP contribution in [0.5, 0.6) is 0 Å². The average molecular weight is 272 g/mol. The van der Waals surface area contributed by atoms with Gasteiger partial charge in [-0.3, -0.25) is 4.79 Å². The Morgan fingerprint density at radius 2 is 2.10 bits per heavy atom. The van der Waals surface area contributed by atoms with E-state index in [1.165, 1.54) is 0 Å². The molecular formula is C15H20N4O. The van der Waals surface area contributed by atoms with Crippen molar-refractivity contribution in [3.05, 3.63) is 30.0 Å². The highest BCUT2D eigenvalue weighted by Gasteiger charge is 2.21. The molecule has 20 heavy (non-hydrogen) atoms. The SMILES string of the molecule is CN1CCCN(C(=O)c2c[nH]c3cc(N)ccc23)CC1. The number of nitrogens with zero attached hydrogens (tertiary/aromatic N) is 2. The van der Waals surface area contributed by atoms with E-state index in [0.717, 1.165) is 49.1 Å². The number of carbonyl (C=O) groups is 1. The van der Waals surface area contributed by atoms with Crippen LogP contribution in [0, 0.1) is 0 Å². The van der Waals surface area contributed by atoms with Crippen molar-refractivity contribution in [1.82, 2.24) is 14.8 Å². The van der Waals surface area contributed by atoms with Crippen LogP contribution in [0.4, 0.5) is 5.69 Å². The molecule has 0 bridgehead atoms. The Kier molecular flexibility index (Phi) is 3.36. The van der Waals surface area contributed by atoms with E-state index in [-0.39, 0.29) is 5.91 Å².